The molecule has 9 nitrogen and oxygen atoms in total. The maximum atomic E-state index is 11.5. The minimum atomic E-state index is -3.74. The number of β-amino-alcohol motifs (C(OH)–C–C–N with tert-alkyl or cyclic N) is 1. The predicted octanol–water partition coefficient (Wildman–Crippen LogP) is -0.528. The number of aliphatic hydroxyl groups is 1. The number of guanidine groups is 1. The number of morpholine rings is 1. The van der Waals surface area contributed by atoms with Crippen LogP contribution in [0.3, 0.4) is 0 Å². The van der Waals surface area contributed by atoms with Crippen molar-refractivity contribution >= 4 is 16.0 Å². The van der Waals surface area contributed by atoms with E-state index in [4.69, 9.17) is 9.88 Å². The molecule has 1 saturated heterocycles. The maximum Gasteiger partial charge on any atom is 0.238 e. The molecule has 0 amide bonds. The molecule has 0 aromatic heterocycles. The van der Waals surface area contributed by atoms with Gasteiger partial charge in [0.1, 0.15) is 0 Å². The molecule has 1 aromatic carbocycles. The Hall–Kier alpha value is -1.72. The Morgan fingerprint density at radius 2 is 2.07 bits per heavy atom. The molecule has 28 heavy (non-hydrogen) atoms. The van der Waals surface area contributed by atoms with Gasteiger partial charge in [-0.1, -0.05) is 12.1 Å². The minimum Gasteiger partial charge on any atom is -0.387 e. The molecule has 1 aliphatic heterocycles. The van der Waals surface area contributed by atoms with Gasteiger partial charge in [0.15, 0.2) is 5.96 Å². The standard InChI is InChI=1S/C18H31N5O4S/c1-3-20-17(21-12-15-5-4-6-16(11-15)28(19,25)26)22-13-18(2,24)14-23-7-9-27-10-8-23/h4-6,11,24H,3,7-10,12-14H2,1-2H3,(H2,19,25,26)(H2,20,21,22). The Morgan fingerprint density at radius 3 is 2.71 bits per heavy atom. The smallest absolute Gasteiger partial charge is 0.238 e. The number of nitrogens with zero attached hydrogens (tertiary/aromatic N) is 2. The van der Waals surface area contributed by atoms with Gasteiger partial charge in [-0.2, -0.15) is 0 Å². The molecule has 0 aliphatic carbocycles. The van der Waals surface area contributed by atoms with Crippen molar-refractivity contribution in [3.8, 4) is 0 Å². The van der Waals surface area contributed by atoms with Crippen molar-refractivity contribution in [1.82, 2.24) is 15.5 Å². The lowest BCUT2D eigenvalue weighted by molar-refractivity contribution is -0.0201. The topological polar surface area (TPSA) is 129 Å². The van der Waals surface area contributed by atoms with Gasteiger partial charge in [0.2, 0.25) is 10.0 Å². The Labute approximate surface area is 167 Å². The third kappa shape index (κ3) is 7.72. The fourth-order valence-corrected chi connectivity index (χ4v) is 3.49. The summed E-state index contributed by atoms with van der Waals surface area (Å²) in [7, 11) is -3.74. The van der Waals surface area contributed by atoms with Crippen molar-refractivity contribution in [2.75, 3.05) is 45.9 Å². The van der Waals surface area contributed by atoms with E-state index < -0.39 is 15.6 Å². The highest BCUT2D eigenvalue weighted by molar-refractivity contribution is 7.89. The first kappa shape index (κ1) is 22.6. The lowest BCUT2D eigenvalue weighted by Gasteiger charge is -2.34. The highest BCUT2D eigenvalue weighted by atomic mass is 32.2. The summed E-state index contributed by atoms with van der Waals surface area (Å²) in [5.74, 6) is 0.547. The van der Waals surface area contributed by atoms with Gasteiger partial charge < -0.3 is 20.5 Å². The quantitative estimate of drug-likeness (QED) is 0.333. The Kier molecular flexibility index (Phi) is 8.20. The summed E-state index contributed by atoms with van der Waals surface area (Å²) >= 11 is 0. The number of ether oxygens (including phenoxy) is 1. The fourth-order valence-electron chi connectivity index (χ4n) is 2.90. The molecule has 2 rings (SSSR count). The molecule has 0 radical (unpaired) electrons. The van der Waals surface area contributed by atoms with Crippen LogP contribution in [0.1, 0.15) is 19.4 Å². The van der Waals surface area contributed by atoms with Crippen LogP contribution in [0.4, 0.5) is 0 Å². The van der Waals surface area contributed by atoms with Crippen LogP contribution in [0, 0.1) is 0 Å². The van der Waals surface area contributed by atoms with Crippen LogP contribution in [-0.4, -0.2) is 75.9 Å². The fraction of sp³-hybridized carbons (Fsp3) is 0.611. The minimum absolute atomic E-state index is 0.0617. The van der Waals surface area contributed by atoms with Gasteiger partial charge >= 0.3 is 0 Å². The number of nitrogens with two attached hydrogens (primary N) is 1. The van der Waals surface area contributed by atoms with E-state index in [-0.39, 0.29) is 11.4 Å². The average Bonchev–Trinajstić information content (AvgIpc) is 2.64. The molecule has 1 fully saturated rings. The molecule has 1 atom stereocenters. The van der Waals surface area contributed by atoms with Crippen molar-refractivity contribution in [1.29, 1.82) is 0 Å². The summed E-state index contributed by atoms with van der Waals surface area (Å²) in [6.45, 7) is 8.54. The van der Waals surface area contributed by atoms with E-state index in [0.29, 0.717) is 38.8 Å². The van der Waals surface area contributed by atoms with Gasteiger partial charge in [0.25, 0.3) is 0 Å². The number of primary sulfonamides is 1. The third-order valence-electron chi connectivity index (χ3n) is 4.30. The number of benzene rings is 1. The second-order valence-corrected chi connectivity index (χ2v) is 8.69. The van der Waals surface area contributed by atoms with E-state index in [1.54, 1.807) is 19.1 Å². The number of hydrogen-bond acceptors (Lipinski definition) is 6. The van der Waals surface area contributed by atoms with Crippen LogP contribution in [-0.2, 0) is 21.3 Å². The van der Waals surface area contributed by atoms with Crippen LogP contribution >= 0.6 is 0 Å². The second-order valence-electron chi connectivity index (χ2n) is 7.13. The van der Waals surface area contributed by atoms with Gasteiger partial charge in [-0.05, 0) is 31.5 Å². The van der Waals surface area contributed by atoms with E-state index in [2.05, 4.69) is 20.5 Å². The van der Waals surface area contributed by atoms with Crippen molar-refractivity contribution in [2.24, 2.45) is 10.1 Å². The van der Waals surface area contributed by atoms with Crippen molar-refractivity contribution in [3.63, 3.8) is 0 Å². The molecule has 0 spiro atoms. The normalized spacial score (nSPS) is 18.5. The number of nitrogens with one attached hydrogen (secondary N) is 2. The average molecular weight is 414 g/mol. The van der Waals surface area contributed by atoms with Gasteiger partial charge in [0.05, 0.1) is 30.3 Å². The molecule has 1 aromatic rings. The predicted molar refractivity (Wildman–Crippen MR) is 109 cm³/mol. The Morgan fingerprint density at radius 1 is 1.36 bits per heavy atom. The first-order chi connectivity index (χ1) is 13.2. The van der Waals surface area contributed by atoms with Crippen LogP contribution in [0.25, 0.3) is 0 Å². The number of sulfonamides is 1. The van der Waals surface area contributed by atoms with E-state index in [9.17, 15) is 13.5 Å². The summed E-state index contributed by atoms with van der Waals surface area (Å²) in [5, 5.41) is 22.1. The number of hydrogen-bond donors (Lipinski definition) is 4. The molecule has 158 valence electrons. The van der Waals surface area contributed by atoms with Gasteiger partial charge in [-0.25, -0.2) is 18.5 Å². The summed E-state index contributed by atoms with van der Waals surface area (Å²) in [4.78, 5) is 6.71. The zero-order valence-corrected chi connectivity index (χ0v) is 17.3. The molecule has 0 saturated carbocycles. The van der Waals surface area contributed by atoms with Crippen molar-refractivity contribution < 1.29 is 18.3 Å². The van der Waals surface area contributed by atoms with E-state index >= 15 is 0 Å². The lowest BCUT2D eigenvalue weighted by atomic mass is 10.1. The highest BCUT2D eigenvalue weighted by Crippen LogP contribution is 2.11. The van der Waals surface area contributed by atoms with Gasteiger partial charge in [0, 0.05) is 32.7 Å². The summed E-state index contributed by atoms with van der Waals surface area (Å²) < 4.78 is 28.3. The molecular weight excluding hydrogens is 382 g/mol. The Bertz CT molecular complexity index is 761. The largest absolute Gasteiger partial charge is 0.387 e. The first-order valence-electron chi connectivity index (χ1n) is 9.36. The van der Waals surface area contributed by atoms with Crippen molar-refractivity contribution in [3.05, 3.63) is 29.8 Å². The molecule has 1 aliphatic rings. The molecular formula is C18H31N5O4S. The molecule has 10 heteroatoms. The monoisotopic (exact) mass is 413 g/mol. The zero-order valence-electron chi connectivity index (χ0n) is 16.5. The van der Waals surface area contributed by atoms with Gasteiger partial charge in [-0.15, -0.1) is 0 Å². The molecule has 5 N–H and O–H groups in total. The number of aliphatic imine (C=N–C) groups is 1. The van der Waals surface area contributed by atoms with Gasteiger partial charge in [-0.3, -0.25) is 4.90 Å². The van der Waals surface area contributed by atoms with Crippen LogP contribution in [0.5, 0.6) is 0 Å². The van der Waals surface area contributed by atoms with E-state index in [1.165, 1.54) is 12.1 Å². The maximum absolute atomic E-state index is 11.5. The highest BCUT2D eigenvalue weighted by Gasteiger charge is 2.25. The second kappa shape index (κ2) is 10.2. The third-order valence-corrected chi connectivity index (χ3v) is 5.21. The van der Waals surface area contributed by atoms with Crippen LogP contribution < -0.4 is 15.8 Å². The summed E-state index contributed by atoms with van der Waals surface area (Å²) in [6, 6.07) is 6.39. The number of rotatable bonds is 8. The summed E-state index contributed by atoms with van der Waals surface area (Å²) in [6.07, 6.45) is 0. The lowest BCUT2D eigenvalue weighted by Crippen LogP contribution is -2.52. The summed E-state index contributed by atoms with van der Waals surface area (Å²) in [5.41, 5.74) is -0.204. The van der Waals surface area contributed by atoms with E-state index in [1.807, 2.05) is 6.92 Å². The SMILES string of the molecule is CCNC(=NCc1cccc(S(N)(=O)=O)c1)NCC(C)(O)CN1CCOCC1. The first-order valence-corrected chi connectivity index (χ1v) is 10.9. The molecule has 1 heterocycles. The van der Waals surface area contributed by atoms with Crippen LogP contribution in [0.15, 0.2) is 34.2 Å². The molecule has 1 unspecified atom stereocenters. The molecule has 0 bridgehead atoms. The zero-order chi connectivity index (χ0) is 20.6. The van der Waals surface area contributed by atoms with Crippen molar-refractivity contribution in [2.45, 2.75) is 30.9 Å². The van der Waals surface area contributed by atoms with E-state index in [0.717, 1.165) is 18.7 Å². The van der Waals surface area contributed by atoms with Crippen LogP contribution in [0.2, 0.25) is 0 Å². The Balaban J connectivity index is 1.96.